The first-order chi connectivity index (χ1) is 8.45. The summed E-state index contributed by atoms with van der Waals surface area (Å²) in [4.78, 5) is 14.6. The summed E-state index contributed by atoms with van der Waals surface area (Å²) >= 11 is 0. The van der Waals surface area contributed by atoms with Crippen LogP contribution in [0, 0.1) is 0 Å². The van der Waals surface area contributed by atoms with Gasteiger partial charge in [-0.25, -0.2) is 13.4 Å². The number of carboxylic acid groups (broad SMARTS) is 1. The molecular weight excluding hydrogens is 258 g/mol. The van der Waals surface area contributed by atoms with Gasteiger partial charge >= 0.3 is 5.97 Å². The van der Waals surface area contributed by atoms with Gasteiger partial charge in [0.15, 0.2) is 5.03 Å². The molecule has 0 unspecified atom stereocenters. The third-order valence-corrected chi connectivity index (χ3v) is 4.58. The number of hydrogen-bond acceptors (Lipinski definition) is 4. The molecule has 100 valence electrons. The molecule has 0 atom stereocenters. The van der Waals surface area contributed by atoms with Gasteiger partial charge in [0.1, 0.15) is 6.54 Å². The average Bonchev–Trinajstić information content (AvgIpc) is 3.01. The van der Waals surface area contributed by atoms with E-state index >= 15 is 0 Å². The van der Waals surface area contributed by atoms with E-state index in [1.165, 1.54) is 12.5 Å². The molecule has 0 bridgehead atoms. The molecule has 0 saturated heterocycles. The van der Waals surface area contributed by atoms with Gasteiger partial charge in [0, 0.05) is 18.8 Å². The topological polar surface area (TPSA) is 92.5 Å². The maximum Gasteiger partial charge on any atom is 0.318 e. The van der Waals surface area contributed by atoms with Crippen LogP contribution >= 0.6 is 0 Å². The minimum absolute atomic E-state index is 0.0856. The third-order valence-electron chi connectivity index (χ3n) is 2.79. The molecular formula is C10H15N3O4S. The van der Waals surface area contributed by atoms with E-state index in [0.717, 1.165) is 4.31 Å². The molecule has 1 saturated carbocycles. The summed E-state index contributed by atoms with van der Waals surface area (Å²) in [5, 5.41) is 8.70. The summed E-state index contributed by atoms with van der Waals surface area (Å²) < 4.78 is 27.2. The molecule has 1 fully saturated rings. The van der Waals surface area contributed by atoms with Gasteiger partial charge in [-0.2, -0.15) is 4.31 Å². The van der Waals surface area contributed by atoms with Gasteiger partial charge < -0.3 is 9.67 Å². The quantitative estimate of drug-likeness (QED) is 0.796. The Morgan fingerprint density at radius 2 is 2.28 bits per heavy atom. The summed E-state index contributed by atoms with van der Waals surface area (Å²) in [5.41, 5.74) is 0. The fourth-order valence-electron chi connectivity index (χ4n) is 1.67. The molecule has 1 aromatic heterocycles. The van der Waals surface area contributed by atoms with Crippen molar-refractivity contribution in [1.82, 2.24) is 13.9 Å². The Morgan fingerprint density at radius 3 is 2.72 bits per heavy atom. The van der Waals surface area contributed by atoms with Gasteiger partial charge in [0.2, 0.25) is 0 Å². The maximum absolute atomic E-state index is 12.3. The number of nitrogens with zero attached hydrogens (tertiary/aromatic N) is 3. The van der Waals surface area contributed by atoms with Crippen LogP contribution in [0.5, 0.6) is 0 Å². The van der Waals surface area contributed by atoms with Gasteiger partial charge in [0.05, 0.1) is 6.33 Å². The van der Waals surface area contributed by atoms with Crippen molar-refractivity contribution in [2.45, 2.75) is 37.4 Å². The normalized spacial score (nSPS) is 16.1. The maximum atomic E-state index is 12.3. The van der Waals surface area contributed by atoms with Crippen LogP contribution in [-0.2, 0) is 21.4 Å². The van der Waals surface area contributed by atoms with Gasteiger partial charge in [-0.05, 0) is 19.8 Å². The fourth-order valence-corrected chi connectivity index (χ4v) is 3.24. The highest BCUT2D eigenvalue weighted by atomic mass is 32.2. The molecule has 8 heteroatoms. The van der Waals surface area contributed by atoms with Crippen molar-refractivity contribution in [3.8, 4) is 0 Å². The van der Waals surface area contributed by atoms with Crippen LogP contribution in [0.2, 0.25) is 0 Å². The Kier molecular flexibility index (Phi) is 3.40. The van der Waals surface area contributed by atoms with Crippen molar-refractivity contribution >= 4 is 16.0 Å². The number of sulfonamides is 1. The highest BCUT2D eigenvalue weighted by molar-refractivity contribution is 7.89. The summed E-state index contributed by atoms with van der Waals surface area (Å²) in [6.07, 6.45) is 4.27. The zero-order valence-electron chi connectivity index (χ0n) is 9.98. The number of hydrogen-bond donors (Lipinski definition) is 1. The number of aryl methyl sites for hydroxylation is 1. The van der Waals surface area contributed by atoms with Crippen LogP contribution in [0.25, 0.3) is 0 Å². The van der Waals surface area contributed by atoms with Crippen LogP contribution in [0.4, 0.5) is 0 Å². The minimum atomic E-state index is -3.80. The van der Waals surface area contributed by atoms with E-state index in [1.807, 2.05) is 6.92 Å². The Morgan fingerprint density at radius 1 is 1.61 bits per heavy atom. The van der Waals surface area contributed by atoms with E-state index in [2.05, 4.69) is 4.98 Å². The van der Waals surface area contributed by atoms with Crippen molar-refractivity contribution in [3.05, 3.63) is 12.5 Å². The third kappa shape index (κ3) is 2.54. The van der Waals surface area contributed by atoms with Gasteiger partial charge in [-0.1, -0.05) is 0 Å². The summed E-state index contributed by atoms with van der Waals surface area (Å²) in [6, 6.07) is -0.196. The molecule has 1 heterocycles. The second kappa shape index (κ2) is 4.69. The number of rotatable bonds is 6. The molecule has 1 aromatic rings. The zero-order chi connectivity index (χ0) is 13.3. The lowest BCUT2D eigenvalue weighted by Gasteiger charge is -2.18. The van der Waals surface area contributed by atoms with Crippen LogP contribution < -0.4 is 0 Å². The van der Waals surface area contributed by atoms with Crippen LogP contribution in [0.15, 0.2) is 17.6 Å². The predicted molar refractivity (Wildman–Crippen MR) is 62.5 cm³/mol. The van der Waals surface area contributed by atoms with Gasteiger partial charge in [-0.15, -0.1) is 0 Å². The molecule has 1 aliphatic carbocycles. The monoisotopic (exact) mass is 273 g/mol. The van der Waals surface area contributed by atoms with E-state index in [1.54, 1.807) is 4.57 Å². The number of aromatic nitrogens is 2. The zero-order valence-corrected chi connectivity index (χ0v) is 10.8. The van der Waals surface area contributed by atoms with E-state index in [-0.39, 0.29) is 11.1 Å². The Bertz CT molecular complexity index is 547. The van der Waals surface area contributed by atoms with E-state index < -0.39 is 22.5 Å². The van der Waals surface area contributed by atoms with E-state index in [0.29, 0.717) is 19.4 Å². The van der Waals surface area contributed by atoms with Crippen molar-refractivity contribution in [3.63, 3.8) is 0 Å². The minimum Gasteiger partial charge on any atom is -0.480 e. The Balaban J connectivity index is 2.29. The standard InChI is InChI=1S/C10H15N3O4S/c1-2-12-5-9(11-7-12)18(16,17)13(6-10(14)15)8-3-4-8/h5,7-8H,2-4,6H2,1H3,(H,14,15). The van der Waals surface area contributed by atoms with Crippen molar-refractivity contribution < 1.29 is 18.3 Å². The number of imidazole rings is 1. The van der Waals surface area contributed by atoms with Gasteiger partial charge in [-0.3, -0.25) is 4.79 Å². The van der Waals surface area contributed by atoms with E-state index in [9.17, 15) is 13.2 Å². The molecule has 18 heavy (non-hydrogen) atoms. The van der Waals surface area contributed by atoms with Crippen molar-refractivity contribution in [2.24, 2.45) is 0 Å². The predicted octanol–water partition coefficient (Wildman–Crippen LogP) is 0.141. The van der Waals surface area contributed by atoms with Crippen LogP contribution in [0.1, 0.15) is 19.8 Å². The van der Waals surface area contributed by atoms with Crippen molar-refractivity contribution in [2.75, 3.05) is 6.54 Å². The molecule has 0 aromatic carbocycles. The number of carbonyl (C=O) groups is 1. The summed E-state index contributed by atoms with van der Waals surface area (Å²) in [7, 11) is -3.80. The van der Waals surface area contributed by atoms with Gasteiger partial charge in [0.25, 0.3) is 10.0 Å². The molecule has 1 aliphatic rings. The Hall–Kier alpha value is -1.41. The summed E-state index contributed by atoms with van der Waals surface area (Å²) in [6.45, 7) is 1.98. The van der Waals surface area contributed by atoms with Crippen LogP contribution in [0.3, 0.4) is 0 Å². The molecule has 0 amide bonds. The first-order valence-electron chi connectivity index (χ1n) is 5.70. The largest absolute Gasteiger partial charge is 0.480 e. The second-order valence-electron chi connectivity index (χ2n) is 4.22. The first kappa shape index (κ1) is 13.0. The highest BCUT2D eigenvalue weighted by Gasteiger charge is 2.40. The summed E-state index contributed by atoms with van der Waals surface area (Å²) in [5.74, 6) is -1.15. The Labute approximate surface area is 105 Å². The van der Waals surface area contributed by atoms with E-state index in [4.69, 9.17) is 5.11 Å². The lowest BCUT2D eigenvalue weighted by atomic mass is 10.6. The number of carboxylic acids is 1. The van der Waals surface area contributed by atoms with Crippen LogP contribution in [-0.4, -0.2) is 45.9 Å². The number of aliphatic carboxylic acids is 1. The fraction of sp³-hybridized carbons (Fsp3) is 0.600. The first-order valence-corrected chi connectivity index (χ1v) is 7.14. The highest BCUT2D eigenvalue weighted by Crippen LogP contribution is 2.31. The molecule has 2 rings (SSSR count). The molecule has 0 radical (unpaired) electrons. The molecule has 0 aliphatic heterocycles. The molecule has 7 nitrogen and oxygen atoms in total. The SMILES string of the molecule is CCn1cnc(S(=O)(=O)N(CC(=O)O)C2CC2)c1. The molecule has 0 spiro atoms. The smallest absolute Gasteiger partial charge is 0.318 e. The second-order valence-corrected chi connectivity index (χ2v) is 6.05. The van der Waals surface area contributed by atoms with Crippen molar-refractivity contribution in [1.29, 1.82) is 0 Å². The lowest BCUT2D eigenvalue weighted by molar-refractivity contribution is -0.137. The average molecular weight is 273 g/mol. The molecule has 1 N–H and O–H groups in total. The lowest BCUT2D eigenvalue weighted by Crippen LogP contribution is -2.37.